The molecule has 0 radical (unpaired) electrons. The Morgan fingerprint density at radius 3 is 2.75 bits per heavy atom. The van der Waals surface area contributed by atoms with Crippen LogP contribution in [0.1, 0.15) is 36.4 Å². The van der Waals surface area contributed by atoms with Crippen molar-refractivity contribution in [2.75, 3.05) is 20.6 Å². The van der Waals surface area contributed by atoms with E-state index in [1.54, 1.807) is 18.4 Å². The Balaban J connectivity index is 0.00000288. The second-order valence-corrected chi connectivity index (χ2v) is 8.03. The molecule has 0 fully saturated rings. The summed E-state index contributed by atoms with van der Waals surface area (Å²) in [5, 5.41) is 7.29. The van der Waals surface area contributed by atoms with Crippen molar-refractivity contribution in [1.82, 2.24) is 20.4 Å². The molecule has 0 atom stereocenters. The first-order valence-corrected chi connectivity index (χ1v) is 9.09. The molecule has 0 aliphatic rings. The minimum Gasteiger partial charge on any atom is -0.356 e. The van der Waals surface area contributed by atoms with Gasteiger partial charge in [0.05, 0.1) is 10.3 Å². The van der Waals surface area contributed by atoms with Gasteiger partial charge in [0, 0.05) is 37.9 Å². The lowest BCUT2D eigenvalue weighted by Crippen LogP contribution is -2.39. The highest BCUT2D eigenvalue weighted by atomic mass is 127. The number of halogens is 2. The molecular weight excluding hydrogens is 505 g/mol. The zero-order valence-electron chi connectivity index (χ0n) is 14.2. The summed E-state index contributed by atoms with van der Waals surface area (Å²) < 4.78 is 6.38. The summed E-state index contributed by atoms with van der Waals surface area (Å²) in [6.45, 7) is 5.61. The molecule has 0 unspecified atom stereocenters. The van der Waals surface area contributed by atoms with Crippen LogP contribution in [0.4, 0.5) is 0 Å². The van der Waals surface area contributed by atoms with Crippen molar-refractivity contribution in [3.05, 3.63) is 32.5 Å². The van der Waals surface area contributed by atoms with Gasteiger partial charge in [0.15, 0.2) is 11.8 Å². The van der Waals surface area contributed by atoms with Crippen molar-refractivity contribution in [3.63, 3.8) is 0 Å². The number of hydrogen-bond acceptors (Lipinski definition) is 5. The molecular formula is C15H23BrIN5OS. The topological polar surface area (TPSA) is 66.5 Å². The molecule has 2 aromatic heterocycles. The van der Waals surface area contributed by atoms with Gasteiger partial charge in [0.25, 0.3) is 0 Å². The molecule has 0 saturated heterocycles. The largest absolute Gasteiger partial charge is 0.356 e. The molecule has 0 saturated carbocycles. The Kier molecular flexibility index (Phi) is 9.21. The van der Waals surface area contributed by atoms with Gasteiger partial charge >= 0.3 is 0 Å². The van der Waals surface area contributed by atoms with E-state index in [2.05, 4.69) is 53.4 Å². The molecule has 9 heteroatoms. The Bertz CT molecular complexity index is 658. The summed E-state index contributed by atoms with van der Waals surface area (Å²) >= 11 is 5.22. The minimum absolute atomic E-state index is 0. The maximum Gasteiger partial charge on any atom is 0.228 e. The molecule has 2 rings (SSSR count). The van der Waals surface area contributed by atoms with E-state index >= 15 is 0 Å². The van der Waals surface area contributed by atoms with Crippen molar-refractivity contribution in [2.45, 2.75) is 32.7 Å². The Morgan fingerprint density at radius 1 is 1.46 bits per heavy atom. The first-order chi connectivity index (χ1) is 11.0. The zero-order valence-corrected chi connectivity index (χ0v) is 19.0. The van der Waals surface area contributed by atoms with Crippen LogP contribution in [0, 0.1) is 0 Å². The lowest BCUT2D eigenvalue weighted by molar-refractivity contribution is 0.370. The molecule has 0 aliphatic heterocycles. The van der Waals surface area contributed by atoms with Gasteiger partial charge < -0.3 is 14.7 Å². The van der Waals surface area contributed by atoms with E-state index in [4.69, 9.17) is 4.52 Å². The van der Waals surface area contributed by atoms with Gasteiger partial charge in [0.2, 0.25) is 5.89 Å². The van der Waals surface area contributed by atoms with E-state index in [9.17, 15) is 0 Å². The van der Waals surface area contributed by atoms with Crippen LogP contribution in [-0.4, -0.2) is 41.6 Å². The summed E-state index contributed by atoms with van der Waals surface area (Å²) in [4.78, 5) is 12.1. The Labute approximate surface area is 172 Å². The van der Waals surface area contributed by atoms with Crippen LogP contribution in [0.2, 0.25) is 0 Å². The number of hydrogen-bond donors (Lipinski definition) is 1. The van der Waals surface area contributed by atoms with Crippen LogP contribution in [0.25, 0.3) is 0 Å². The van der Waals surface area contributed by atoms with E-state index in [0.29, 0.717) is 18.9 Å². The number of rotatable bonds is 6. The molecule has 134 valence electrons. The fourth-order valence-electron chi connectivity index (χ4n) is 2.02. The van der Waals surface area contributed by atoms with Crippen molar-refractivity contribution in [2.24, 2.45) is 4.99 Å². The quantitative estimate of drug-likeness (QED) is 0.351. The average Bonchev–Trinajstić information content (AvgIpc) is 3.13. The zero-order chi connectivity index (χ0) is 16.8. The first kappa shape index (κ1) is 21.4. The standard InChI is InChI=1S/C15H22BrN5OS.HI/c1-10(2)14-19-13(22-20-14)7-8-18-15(17-3)21(4)9-11-5-6-12(16)23-11;/h5-6,10H,7-9H2,1-4H3,(H,17,18);1H. The number of thiophene rings is 1. The second kappa shape index (κ2) is 10.3. The van der Waals surface area contributed by atoms with Crippen LogP contribution in [-0.2, 0) is 13.0 Å². The van der Waals surface area contributed by atoms with Crippen LogP contribution in [0.5, 0.6) is 0 Å². The molecule has 0 amide bonds. The smallest absolute Gasteiger partial charge is 0.228 e. The van der Waals surface area contributed by atoms with E-state index in [-0.39, 0.29) is 29.9 Å². The normalized spacial score (nSPS) is 11.5. The molecule has 6 nitrogen and oxygen atoms in total. The highest BCUT2D eigenvalue weighted by Crippen LogP contribution is 2.22. The second-order valence-electron chi connectivity index (χ2n) is 5.49. The van der Waals surface area contributed by atoms with Crippen molar-refractivity contribution in [3.8, 4) is 0 Å². The molecule has 2 aromatic rings. The van der Waals surface area contributed by atoms with Gasteiger partial charge in [-0.3, -0.25) is 4.99 Å². The van der Waals surface area contributed by atoms with E-state index in [1.807, 2.05) is 20.9 Å². The van der Waals surface area contributed by atoms with Gasteiger partial charge in [-0.2, -0.15) is 4.98 Å². The van der Waals surface area contributed by atoms with Gasteiger partial charge in [-0.15, -0.1) is 35.3 Å². The van der Waals surface area contributed by atoms with Crippen LogP contribution < -0.4 is 5.32 Å². The molecule has 24 heavy (non-hydrogen) atoms. The molecule has 0 spiro atoms. The predicted octanol–water partition coefficient (Wildman–Crippen LogP) is 3.88. The maximum absolute atomic E-state index is 5.24. The fourth-order valence-corrected chi connectivity index (χ4v) is 3.55. The summed E-state index contributed by atoms with van der Waals surface area (Å²) in [6, 6.07) is 4.18. The van der Waals surface area contributed by atoms with Gasteiger partial charge in [-0.1, -0.05) is 19.0 Å². The number of nitrogens with one attached hydrogen (secondary N) is 1. The molecule has 0 aliphatic carbocycles. The number of aromatic nitrogens is 2. The summed E-state index contributed by atoms with van der Waals surface area (Å²) in [7, 11) is 3.80. The van der Waals surface area contributed by atoms with Gasteiger partial charge in [0.1, 0.15) is 0 Å². The lowest BCUT2D eigenvalue weighted by atomic mass is 10.2. The summed E-state index contributed by atoms with van der Waals surface area (Å²) in [5.41, 5.74) is 0. The van der Waals surface area contributed by atoms with E-state index < -0.39 is 0 Å². The van der Waals surface area contributed by atoms with E-state index in [0.717, 1.165) is 22.1 Å². The van der Waals surface area contributed by atoms with Crippen molar-refractivity contribution >= 4 is 57.2 Å². The van der Waals surface area contributed by atoms with Gasteiger partial charge in [-0.25, -0.2) is 0 Å². The molecule has 0 aromatic carbocycles. The Hall–Kier alpha value is -0.680. The third kappa shape index (κ3) is 6.32. The average molecular weight is 528 g/mol. The van der Waals surface area contributed by atoms with Crippen molar-refractivity contribution in [1.29, 1.82) is 0 Å². The Morgan fingerprint density at radius 2 is 2.21 bits per heavy atom. The monoisotopic (exact) mass is 527 g/mol. The maximum atomic E-state index is 5.24. The van der Waals surface area contributed by atoms with Crippen LogP contribution >= 0.6 is 51.2 Å². The van der Waals surface area contributed by atoms with Crippen LogP contribution in [0.15, 0.2) is 25.4 Å². The van der Waals surface area contributed by atoms with E-state index in [1.165, 1.54) is 4.88 Å². The fraction of sp³-hybridized carbons (Fsp3) is 0.533. The van der Waals surface area contributed by atoms with Crippen LogP contribution in [0.3, 0.4) is 0 Å². The number of nitrogens with zero attached hydrogens (tertiary/aromatic N) is 4. The third-order valence-corrected chi connectivity index (χ3v) is 4.83. The number of guanidine groups is 1. The predicted molar refractivity (Wildman–Crippen MR) is 112 cm³/mol. The number of aliphatic imine (C=N–C) groups is 1. The molecule has 1 N–H and O–H groups in total. The highest BCUT2D eigenvalue weighted by Gasteiger charge is 2.11. The summed E-state index contributed by atoms with van der Waals surface area (Å²) in [6.07, 6.45) is 0.678. The minimum atomic E-state index is 0. The SMILES string of the molecule is CN=C(NCCc1nc(C(C)C)no1)N(C)Cc1ccc(Br)s1.I. The lowest BCUT2D eigenvalue weighted by Gasteiger charge is -2.21. The summed E-state index contributed by atoms with van der Waals surface area (Å²) in [5.74, 6) is 2.54. The molecule has 0 bridgehead atoms. The van der Waals surface area contributed by atoms with Gasteiger partial charge in [-0.05, 0) is 28.1 Å². The molecule has 2 heterocycles. The highest BCUT2D eigenvalue weighted by molar-refractivity contribution is 14.0. The third-order valence-electron chi connectivity index (χ3n) is 3.22. The van der Waals surface area contributed by atoms with Crippen molar-refractivity contribution < 1.29 is 4.52 Å². The first-order valence-electron chi connectivity index (χ1n) is 7.48.